The van der Waals surface area contributed by atoms with Gasteiger partial charge in [-0.05, 0) is 36.8 Å². The van der Waals surface area contributed by atoms with Gasteiger partial charge in [0.05, 0.1) is 42.8 Å². The number of rotatable bonds is 9. The monoisotopic (exact) mass is 524 g/mol. The molecule has 0 amide bonds. The van der Waals surface area contributed by atoms with E-state index < -0.39 is 34.7 Å². The molecule has 8 nitrogen and oxygen atoms in total. The van der Waals surface area contributed by atoms with Gasteiger partial charge >= 0.3 is 0 Å². The lowest BCUT2D eigenvalue weighted by atomic mass is 10.1. The van der Waals surface area contributed by atoms with Crippen LogP contribution in [0.2, 0.25) is 0 Å². The molecule has 0 unspecified atom stereocenters. The third-order valence-electron chi connectivity index (χ3n) is 5.47. The SMILES string of the molecule is Cc1cc(N=S(C)(C)=O)cc2ncnc(Nc3ccc(F)cc3OC[C@H]3COC[C@H]3OCC(F)F)c12. The molecule has 12 heteroatoms. The molecule has 1 aromatic heterocycles. The average molecular weight is 525 g/mol. The lowest BCUT2D eigenvalue weighted by Gasteiger charge is -2.20. The first-order valence-corrected chi connectivity index (χ1v) is 13.5. The molecule has 194 valence electrons. The fourth-order valence-corrected chi connectivity index (χ4v) is 4.55. The van der Waals surface area contributed by atoms with Gasteiger partial charge in [-0.2, -0.15) is 4.36 Å². The Morgan fingerprint density at radius 3 is 2.78 bits per heavy atom. The molecule has 0 saturated carbocycles. The minimum atomic E-state index is -2.57. The first kappa shape index (κ1) is 26.1. The molecule has 1 saturated heterocycles. The van der Waals surface area contributed by atoms with Crippen LogP contribution in [-0.4, -0.2) is 65.6 Å². The number of benzene rings is 2. The molecule has 0 spiro atoms. The van der Waals surface area contributed by atoms with Crippen LogP contribution >= 0.6 is 0 Å². The van der Waals surface area contributed by atoms with Gasteiger partial charge in [-0.15, -0.1) is 0 Å². The van der Waals surface area contributed by atoms with Crippen molar-refractivity contribution in [3.63, 3.8) is 0 Å². The maximum Gasteiger partial charge on any atom is 0.261 e. The number of hydrogen-bond donors (Lipinski definition) is 1. The molecule has 1 fully saturated rings. The second-order valence-corrected chi connectivity index (χ2v) is 11.3. The highest BCUT2D eigenvalue weighted by atomic mass is 32.2. The van der Waals surface area contributed by atoms with E-state index in [1.165, 1.54) is 24.5 Å². The lowest BCUT2D eigenvalue weighted by molar-refractivity contribution is -0.0420. The summed E-state index contributed by atoms with van der Waals surface area (Å²) < 4.78 is 72.0. The van der Waals surface area contributed by atoms with Crippen molar-refractivity contribution in [2.75, 3.05) is 44.3 Å². The van der Waals surface area contributed by atoms with E-state index in [-0.39, 0.29) is 31.5 Å². The predicted octanol–water partition coefficient (Wildman–Crippen LogP) is 4.86. The topological polar surface area (TPSA) is 94.9 Å². The summed E-state index contributed by atoms with van der Waals surface area (Å²) in [5, 5.41) is 3.90. The van der Waals surface area contributed by atoms with Crippen LogP contribution in [0.15, 0.2) is 41.0 Å². The number of fused-ring (bicyclic) bond motifs is 1. The van der Waals surface area contributed by atoms with Gasteiger partial charge in [0.15, 0.2) is 0 Å². The minimum absolute atomic E-state index is 0.0910. The molecule has 3 aromatic rings. The van der Waals surface area contributed by atoms with Crippen molar-refractivity contribution in [3.8, 4) is 5.75 Å². The Kier molecular flexibility index (Phi) is 7.96. The van der Waals surface area contributed by atoms with Gasteiger partial charge < -0.3 is 19.5 Å². The standard InChI is InChI=1S/C24H27F3N4O4S/c1-14-6-17(31-36(2,3)32)8-19-23(14)24(29-13-28-19)30-18-5-4-16(25)7-20(18)34-10-15-9-33-11-21(15)35-12-22(26)27/h4-8,13,15,21-22H,9-12H2,1-3H3,(H,28,29,30)/t15-,21-/m1/s1. The Labute approximate surface area is 207 Å². The van der Waals surface area contributed by atoms with E-state index in [0.29, 0.717) is 22.7 Å². The van der Waals surface area contributed by atoms with Crippen molar-refractivity contribution in [2.24, 2.45) is 10.3 Å². The van der Waals surface area contributed by atoms with E-state index in [2.05, 4.69) is 19.6 Å². The first-order valence-electron chi connectivity index (χ1n) is 11.2. The van der Waals surface area contributed by atoms with Crippen molar-refractivity contribution < 1.29 is 31.6 Å². The lowest BCUT2D eigenvalue weighted by Crippen LogP contribution is -2.29. The maximum atomic E-state index is 14.1. The second-order valence-electron chi connectivity index (χ2n) is 8.79. The van der Waals surface area contributed by atoms with Crippen LogP contribution in [-0.2, 0) is 19.2 Å². The molecule has 0 radical (unpaired) electrons. The smallest absolute Gasteiger partial charge is 0.261 e. The van der Waals surface area contributed by atoms with Gasteiger partial charge in [0.25, 0.3) is 6.43 Å². The second kappa shape index (κ2) is 11.0. The minimum Gasteiger partial charge on any atom is -0.491 e. The van der Waals surface area contributed by atoms with Gasteiger partial charge in [-0.1, -0.05) is 0 Å². The average Bonchev–Trinajstić information content (AvgIpc) is 3.24. The van der Waals surface area contributed by atoms with Gasteiger partial charge in [0.1, 0.15) is 30.3 Å². The van der Waals surface area contributed by atoms with E-state index in [1.54, 1.807) is 24.6 Å². The van der Waals surface area contributed by atoms with Crippen molar-refractivity contribution in [2.45, 2.75) is 19.5 Å². The molecular weight excluding hydrogens is 497 g/mol. The molecule has 4 rings (SSSR count). The highest BCUT2D eigenvalue weighted by Crippen LogP contribution is 2.34. The first-order chi connectivity index (χ1) is 17.1. The number of nitrogens with zero attached hydrogens (tertiary/aromatic N) is 3. The Bertz CT molecular complexity index is 1360. The highest BCUT2D eigenvalue weighted by Gasteiger charge is 2.31. The summed E-state index contributed by atoms with van der Waals surface area (Å²) in [6.45, 7) is 1.76. The van der Waals surface area contributed by atoms with Crippen LogP contribution in [0.1, 0.15) is 5.56 Å². The fraction of sp³-hybridized carbons (Fsp3) is 0.417. The largest absolute Gasteiger partial charge is 0.491 e. The van der Waals surface area contributed by atoms with Crippen LogP contribution < -0.4 is 10.1 Å². The number of halogens is 3. The number of nitrogens with one attached hydrogen (secondary N) is 1. The van der Waals surface area contributed by atoms with E-state index in [0.717, 1.165) is 10.9 Å². The molecule has 1 N–H and O–H groups in total. The number of aryl methyl sites for hydroxylation is 1. The summed E-state index contributed by atoms with van der Waals surface area (Å²) in [6.07, 6.45) is 1.39. The highest BCUT2D eigenvalue weighted by molar-refractivity contribution is 7.92. The molecule has 1 aliphatic heterocycles. The number of alkyl halides is 2. The molecule has 2 heterocycles. The van der Waals surface area contributed by atoms with E-state index >= 15 is 0 Å². The Morgan fingerprint density at radius 2 is 2.03 bits per heavy atom. The maximum absolute atomic E-state index is 14.1. The van der Waals surface area contributed by atoms with Crippen LogP contribution in [0.5, 0.6) is 5.75 Å². The van der Waals surface area contributed by atoms with Crippen LogP contribution in [0.25, 0.3) is 10.9 Å². The number of ether oxygens (including phenoxy) is 3. The molecular formula is C24H27F3N4O4S. The summed E-state index contributed by atoms with van der Waals surface area (Å²) in [6, 6.07) is 7.57. The van der Waals surface area contributed by atoms with Crippen LogP contribution in [0.3, 0.4) is 0 Å². The summed E-state index contributed by atoms with van der Waals surface area (Å²) >= 11 is 0. The summed E-state index contributed by atoms with van der Waals surface area (Å²) in [7, 11) is -2.35. The van der Waals surface area contributed by atoms with Crippen molar-refractivity contribution >= 4 is 37.8 Å². The van der Waals surface area contributed by atoms with Gasteiger partial charge in [0.2, 0.25) is 0 Å². The normalized spacial score (nSPS) is 18.1. The van der Waals surface area contributed by atoms with Crippen molar-refractivity contribution in [3.05, 3.63) is 48.0 Å². The number of hydrogen-bond acceptors (Lipinski definition) is 8. The molecule has 1 aliphatic rings. The molecule has 36 heavy (non-hydrogen) atoms. The van der Waals surface area contributed by atoms with Crippen molar-refractivity contribution in [1.29, 1.82) is 0 Å². The van der Waals surface area contributed by atoms with Gasteiger partial charge in [-0.25, -0.2) is 27.3 Å². The van der Waals surface area contributed by atoms with Gasteiger partial charge in [0, 0.05) is 39.6 Å². The third kappa shape index (κ3) is 6.62. The summed E-state index contributed by atoms with van der Waals surface area (Å²) in [4.78, 5) is 8.67. The zero-order chi connectivity index (χ0) is 25.9. The number of aromatic nitrogens is 2. The van der Waals surface area contributed by atoms with E-state index in [9.17, 15) is 17.4 Å². The fourth-order valence-electron chi connectivity index (χ4n) is 3.93. The van der Waals surface area contributed by atoms with E-state index in [4.69, 9.17) is 14.2 Å². The van der Waals surface area contributed by atoms with Crippen molar-refractivity contribution in [1.82, 2.24) is 9.97 Å². The zero-order valence-electron chi connectivity index (χ0n) is 20.0. The summed E-state index contributed by atoms with van der Waals surface area (Å²) in [5.74, 6) is -0.0863. The van der Waals surface area contributed by atoms with E-state index in [1.807, 2.05) is 6.92 Å². The predicted molar refractivity (Wildman–Crippen MR) is 132 cm³/mol. The van der Waals surface area contributed by atoms with Crippen LogP contribution in [0.4, 0.5) is 30.4 Å². The quantitative estimate of drug-likeness (QED) is 0.427. The van der Waals surface area contributed by atoms with Gasteiger partial charge in [-0.3, -0.25) is 0 Å². The molecule has 2 aromatic carbocycles. The molecule has 0 aliphatic carbocycles. The summed E-state index contributed by atoms with van der Waals surface area (Å²) in [5.41, 5.74) is 2.41. The molecule has 0 bridgehead atoms. The zero-order valence-corrected chi connectivity index (χ0v) is 20.9. The molecule has 2 atom stereocenters. The Morgan fingerprint density at radius 1 is 1.22 bits per heavy atom. The third-order valence-corrected chi connectivity index (χ3v) is 6.12. The van der Waals surface area contributed by atoms with Crippen LogP contribution in [0, 0.1) is 18.7 Å². The number of anilines is 2. The Balaban J connectivity index is 1.58. The Hall–Kier alpha value is -2.96.